The summed E-state index contributed by atoms with van der Waals surface area (Å²) in [5.41, 5.74) is 5.13. The zero-order valence-corrected chi connectivity index (χ0v) is 18.2. The first kappa shape index (κ1) is 20.1. The number of benzene rings is 2. The van der Waals surface area contributed by atoms with E-state index in [1.54, 1.807) is 11.3 Å². The highest BCUT2D eigenvalue weighted by atomic mass is 32.2. The van der Waals surface area contributed by atoms with Gasteiger partial charge < -0.3 is 5.32 Å². The van der Waals surface area contributed by atoms with Gasteiger partial charge in [0.15, 0.2) is 0 Å². The first-order chi connectivity index (χ1) is 14.2. The number of thiazole rings is 1. The van der Waals surface area contributed by atoms with Crippen molar-refractivity contribution < 1.29 is 4.79 Å². The van der Waals surface area contributed by atoms with Crippen LogP contribution in [0.2, 0.25) is 0 Å². The van der Waals surface area contributed by atoms with E-state index in [-0.39, 0.29) is 12.3 Å². The molecule has 1 N–H and O–H groups in total. The van der Waals surface area contributed by atoms with Crippen LogP contribution in [-0.2, 0) is 17.8 Å². The second kappa shape index (κ2) is 9.57. The van der Waals surface area contributed by atoms with Crippen LogP contribution in [0.5, 0.6) is 0 Å². The van der Waals surface area contributed by atoms with Crippen LogP contribution in [0.15, 0.2) is 53.9 Å². The van der Waals surface area contributed by atoms with Crippen molar-refractivity contribution in [2.75, 3.05) is 29.9 Å². The normalized spacial score (nSPS) is 14.7. The molecule has 1 aromatic heterocycles. The lowest BCUT2D eigenvalue weighted by molar-refractivity contribution is -0.115. The van der Waals surface area contributed by atoms with Crippen molar-refractivity contribution in [1.29, 1.82) is 0 Å². The lowest BCUT2D eigenvalue weighted by Crippen LogP contribution is -2.32. The smallest absolute Gasteiger partial charge is 0.230 e. The SMILES string of the molecule is Cc1ccc(CN2CCSCC2)cc1NC(=O)Cc1csc(-c2ccccc2)n1. The molecular weight excluding hydrogens is 398 g/mol. The van der Waals surface area contributed by atoms with Gasteiger partial charge in [0, 0.05) is 47.8 Å². The highest BCUT2D eigenvalue weighted by molar-refractivity contribution is 7.99. The Kier molecular flexibility index (Phi) is 6.64. The topological polar surface area (TPSA) is 45.2 Å². The van der Waals surface area contributed by atoms with E-state index in [4.69, 9.17) is 0 Å². The number of rotatable bonds is 6. The highest BCUT2D eigenvalue weighted by Gasteiger charge is 2.13. The van der Waals surface area contributed by atoms with Gasteiger partial charge in [-0.25, -0.2) is 4.98 Å². The third-order valence-electron chi connectivity index (χ3n) is 5.00. The molecule has 2 aromatic carbocycles. The summed E-state index contributed by atoms with van der Waals surface area (Å²) in [6.07, 6.45) is 0.288. The minimum absolute atomic E-state index is 0.0236. The molecule has 0 saturated carbocycles. The molecule has 1 amide bonds. The molecule has 1 aliphatic rings. The maximum Gasteiger partial charge on any atom is 0.230 e. The summed E-state index contributed by atoms with van der Waals surface area (Å²) in [6.45, 7) is 5.24. The summed E-state index contributed by atoms with van der Waals surface area (Å²) in [5.74, 6) is 2.38. The molecule has 0 aliphatic carbocycles. The summed E-state index contributed by atoms with van der Waals surface area (Å²) in [4.78, 5) is 19.7. The summed E-state index contributed by atoms with van der Waals surface area (Å²) in [6, 6.07) is 16.5. The minimum atomic E-state index is -0.0236. The standard InChI is InChI=1S/C23H25N3OS2/c1-17-7-8-18(15-26-9-11-28-12-10-26)13-21(17)25-22(27)14-20-16-29-23(24-20)19-5-3-2-4-6-19/h2-8,13,16H,9-12,14-15H2,1H3,(H,25,27). The molecule has 0 radical (unpaired) electrons. The predicted octanol–water partition coefficient (Wildman–Crippen LogP) is 4.85. The van der Waals surface area contributed by atoms with Gasteiger partial charge in [0.25, 0.3) is 0 Å². The fourth-order valence-corrected chi connectivity index (χ4v) is 5.18. The number of carbonyl (C=O) groups is 1. The predicted molar refractivity (Wildman–Crippen MR) is 124 cm³/mol. The number of aryl methyl sites for hydroxylation is 1. The van der Waals surface area contributed by atoms with Crippen LogP contribution in [0.1, 0.15) is 16.8 Å². The van der Waals surface area contributed by atoms with Gasteiger partial charge in [-0.1, -0.05) is 42.5 Å². The monoisotopic (exact) mass is 423 g/mol. The van der Waals surface area contributed by atoms with Crippen LogP contribution < -0.4 is 5.32 Å². The molecule has 3 aromatic rings. The molecule has 150 valence electrons. The van der Waals surface area contributed by atoms with E-state index in [1.807, 2.05) is 54.4 Å². The molecule has 29 heavy (non-hydrogen) atoms. The van der Waals surface area contributed by atoms with Gasteiger partial charge in [0.05, 0.1) is 12.1 Å². The lowest BCUT2D eigenvalue weighted by atomic mass is 10.1. The number of thioether (sulfide) groups is 1. The van der Waals surface area contributed by atoms with Crippen molar-refractivity contribution in [2.24, 2.45) is 0 Å². The van der Waals surface area contributed by atoms with Crippen LogP contribution in [0.25, 0.3) is 10.6 Å². The average molecular weight is 424 g/mol. The molecule has 2 heterocycles. The molecule has 4 nitrogen and oxygen atoms in total. The first-order valence-corrected chi connectivity index (χ1v) is 11.9. The molecule has 1 aliphatic heterocycles. The molecule has 4 rings (SSSR count). The van der Waals surface area contributed by atoms with Crippen molar-refractivity contribution in [1.82, 2.24) is 9.88 Å². The fourth-order valence-electron chi connectivity index (χ4n) is 3.38. The third kappa shape index (κ3) is 5.47. The molecule has 0 bridgehead atoms. The second-order valence-corrected chi connectivity index (χ2v) is 9.36. The zero-order valence-electron chi connectivity index (χ0n) is 16.6. The summed E-state index contributed by atoms with van der Waals surface area (Å²) < 4.78 is 0. The van der Waals surface area contributed by atoms with Crippen LogP contribution in [-0.4, -0.2) is 40.4 Å². The molecule has 0 spiro atoms. The number of carbonyl (C=O) groups excluding carboxylic acids is 1. The van der Waals surface area contributed by atoms with Crippen LogP contribution in [0.4, 0.5) is 5.69 Å². The molecule has 1 fully saturated rings. The van der Waals surface area contributed by atoms with E-state index in [9.17, 15) is 4.79 Å². The molecule has 0 unspecified atom stereocenters. The highest BCUT2D eigenvalue weighted by Crippen LogP contribution is 2.24. The van der Waals surface area contributed by atoms with Crippen LogP contribution in [0.3, 0.4) is 0 Å². The maximum absolute atomic E-state index is 12.6. The van der Waals surface area contributed by atoms with Crippen molar-refractivity contribution in [3.63, 3.8) is 0 Å². The number of aromatic nitrogens is 1. The van der Waals surface area contributed by atoms with Gasteiger partial charge in [-0.05, 0) is 24.1 Å². The minimum Gasteiger partial charge on any atom is -0.325 e. The van der Waals surface area contributed by atoms with E-state index in [0.717, 1.165) is 47.2 Å². The third-order valence-corrected chi connectivity index (χ3v) is 6.88. The molecule has 0 atom stereocenters. The summed E-state index contributed by atoms with van der Waals surface area (Å²) >= 11 is 3.60. The Morgan fingerprint density at radius 2 is 1.93 bits per heavy atom. The van der Waals surface area contributed by atoms with E-state index >= 15 is 0 Å². The van der Waals surface area contributed by atoms with Crippen molar-refractivity contribution in [3.8, 4) is 10.6 Å². The Morgan fingerprint density at radius 3 is 2.72 bits per heavy atom. The lowest BCUT2D eigenvalue weighted by Gasteiger charge is -2.26. The van der Waals surface area contributed by atoms with Gasteiger partial charge >= 0.3 is 0 Å². The van der Waals surface area contributed by atoms with Crippen LogP contribution >= 0.6 is 23.1 Å². The van der Waals surface area contributed by atoms with Gasteiger partial charge in [-0.15, -0.1) is 11.3 Å². The van der Waals surface area contributed by atoms with E-state index in [1.165, 1.54) is 17.1 Å². The Labute approximate surface area is 180 Å². The number of anilines is 1. The van der Waals surface area contributed by atoms with E-state index in [2.05, 4.69) is 33.4 Å². The first-order valence-electron chi connectivity index (χ1n) is 9.87. The number of hydrogen-bond acceptors (Lipinski definition) is 5. The van der Waals surface area contributed by atoms with Gasteiger partial charge in [-0.2, -0.15) is 11.8 Å². The van der Waals surface area contributed by atoms with Gasteiger partial charge in [0.1, 0.15) is 5.01 Å². The van der Waals surface area contributed by atoms with Crippen molar-refractivity contribution in [2.45, 2.75) is 19.9 Å². The van der Waals surface area contributed by atoms with Gasteiger partial charge in [-0.3, -0.25) is 9.69 Å². The second-order valence-electron chi connectivity index (χ2n) is 7.27. The fraction of sp³-hybridized carbons (Fsp3) is 0.304. The molecule has 6 heteroatoms. The van der Waals surface area contributed by atoms with Crippen LogP contribution in [0, 0.1) is 6.92 Å². The van der Waals surface area contributed by atoms with E-state index in [0.29, 0.717) is 0 Å². The van der Waals surface area contributed by atoms with Gasteiger partial charge in [0.2, 0.25) is 5.91 Å². The van der Waals surface area contributed by atoms with Crippen molar-refractivity contribution >= 4 is 34.7 Å². The van der Waals surface area contributed by atoms with Crippen molar-refractivity contribution in [3.05, 3.63) is 70.7 Å². The maximum atomic E-state index is 12.6. The Balaban J connectivity index is 1.39. The average Bonchev–Trinajstić information content (AvgIpc) is 3.20. The zero-order chi connectivity index (χ0) is 20.1. The molecule has 1 saturated heterocycles. The summed E-state index contributed by atoms with van der Waals surface area (Å²) in [7, 11) is 0. The molecular formula is C23H25N3OS2. The number of hydrogen-bond donors (Lipinski definition) is 1. The summed E-state index contributed by atoms with van der Waals surface area (Å²) in [5, 5.41) is 6.01. The number of nitrogens with zero attached hydrogens (tertiary/aromatic N) is 2. The number of nitrogens with one attached hydrogen (secondary N) is 1. The Bertz CT molecular complexity index is 965. The number of amides is 1. The Hall–Kier alpha value is -2.15. The Morgan fingerprint density at radius 1 is 1.14 bits per heavy atom. The van der Waals surface area contributed by atoms with E-state index < -0.39 is 0 Å². The largest absolute Gasteiger partial charge is 0.325 e. The quantitative estimate of drug-likeness (QED) is 0.616.